The zero-order chi connectivity index (χ0) is 23.0. The summed E-state index contributed by atoms with van der Waals surface area (Å²) in [7, 11) is -3.79. The highest BCUT2D eigenvalue weighted by atomic mass is 32.2. The minimum atomic E-state index is -3.79. The lowest BCUT2D eigenvalue weighted by molar-refractivity contribution is -0.123. The van der Waals surface area contributed by atoms with Gasteiger partial charge in [-0.3, -0.25) is 9.10 Å². The van der Waals surface area contributed by atoms with Crippen molar-refractivity contribution in [3.05, 3.63) is 59.4 Å². The van der Waals surface area contributed by atoms with Crippen LogP contribution in [-0.2, 0) is 14.8 Å². The fourth-order valence-electron chi connectivity index (χ4n) is 4.00. The zero-order valence-electron chi connectivity index (χ0n) is 18.5. The van der Waals surface area contributed by atoms with Crippen LogP contribution in [-0.4, -0.2) is 32.2 Å². The molecule has 0 radical (unpaired) electrons. The molecular weight excluding hydrogens is 419 g/mol. The number of aryl methyl sites for hydroxylation is 1. The number of anilines is 1. The van der Waals surface area contributed by atoms with E-state index in [1.54, 1.807) is 6.92 Å². The normalized spacial score (nSPS) is 18.5. The van der Waals surface area contributed by atoms with Crippen LogP contribution in [0.15, 0.2) is 42.5 Å². The Balaban J connectivity index is 1.94. The highest BCUT2D eigenvalue weighted by Gasteiger charge is 2.37. The number of nitrogens with one attached hydrogen (secondary N) is 1. The number of rotatable bonds is 6. The summed E-state index contributed by atoms with van der Waals surface area (Å²) >= 11 is 0. The summed E-state index contributed by atoms with van der Waals surface area (Å²) in [5, 5.41) is 3.04. The Morgan fingerprint density at radius 1 is 1.26 bits per heavy atom. The molecule has 0 aromatic heterocycles. The summed E-state index contributed by atoms with van der Waals surface area (Å²) in [4.78, 5) is 13.3. The van der Waals surface area contributed by atoms with E-state index in [2.05, 4.69) is 5.32 Å². The van der Waals surface area contributed by atoms with Gasteiger partial charge in [-0.2, -0.15) is 0 Å². The Morgan fingerprint density at radius 3 is 2.48 bits per heavy atom. The van der Waals surface area contributed by atoms with Gasteiger partial charge in [-0.25, -0.2) is 12.8 Å². The van der Waals surface area contributed by atoms with Gasteiger partial charge in [-0.15, -0.1) is 0 Å². The molecule has 168 valence electrons. The van der Waals surface area contributed by atoms with E-state index >= 15 is 0 Å². The molecule has 1 aliphatic heterocycles. The lowest BCUT2D eigenvalue weighted by Crippen LogP contribution is -2.51. The van der Waals surface area contributed by atoms with Crippen LogP contribution >= 0.6 is 0 Å². The number of nitrogens with zero attached hydrogens (tertiary/aromatic N) is 1. The summed E-state index contributed by atoms with van der Waals surface area (Å²) in [6, 6.07) is 9.61. The third-order valence-electron chi connectivity index (χ3n) is 5.35. The van der Waals surface area contributed by atoms with Gasteiger partial charge in [0.25, 0.3) is 0 Å². The Hall–Kier alpha value is -2.61. The van der Waals surface area contributed by atoms with E-state index in [0.717, 1.165) is 21.7 Å². The predicted octanol–water partition coefficient (Wildman–Crippen LogP) is 4.10. The Bertz CT molecular complexity index is 1070. The molecule has 8 heteroatoms. The third-order valence-corrected chi connectivity index (χ3v) is 6.53. The molecule has 0 unspecified atom stereocenters. The van der Waals surface area contributed by atoms with Crippen LogP contribution in [0.3, 0.4) is 0 Å². The van der Waals surface area contributed by atoms with Crippen molar-refractivity contribution < 1.29 is 22.3 Å². The molecule has 2 aromatic carbocycles. The van der Waals surface area contributed by atoms with Gasteiger partial charge in [0.1, 0.15) is 23.2 Å². The van der Waals surface area contributed by atoms with E-state index in [-0.39, 0.29) is 18.2 Å². The number of hydrogen-bond donors (Lipinski definition) is 1. The maximum absolute atomic E-state index is 13.4. The molecule has 1 N–H and O–H groups in total. The second-order valence-corrected chi connectivity index (χ2v) is 10.5. The Kier molecular flexibility index (Phi) is 6.32. The first-order valence-electron chi connectivity index (χ1n) is 10.3. The monoisotopic (exact) mass is 448 g/mol. The highest BCUT2D eigenvalue weighted by Crippen LogP contribution is 2.40. The van der Waals surface area contributed by atoms with E-state index in [1.807, 2.05) is 39.0 Å². The van der Waals surface area contributed by atoms with Crippen molar-refractivity contribution >= 4 is 21.6 Å². The minimum Gasteiger partial charge on any atom is -0.487 e. The van der Waals surface area contributed by atoms with Crippen molar-refractivity contribution in [3.8, 4) is 5.75 Å². The average Bonchev–Trinajstić information content (AvgIpc) is 2.64. The summed E-state index contributed by atoms with van der Waals surface area (Å²) < 4.78 is 45.7. The van der Waals surface area contributed by atoms with E-state index in [1.165, 1.54) is 24.3 Å². The largest absolute Gasteiger partial charge is 0.487 e. The van der Waals surface area contributed by atoms with Gasteiger partial charge in [-0.1, -0.05) is 19.1 Å². The number of sulfonamides is 1. The van der Waals surface area contributed by atoms with E-state index in [9.17, 15) is 17.6 Å². The Morgan fingerprint density at radius 2 is 1.90 bits per heavy atom. The van der Waals surface area contributed by atoms with Crippen molar-refractivity contribution in [2.45, 2.75) is 58.2 Å². The molecule has 3 rings (SSSR count). The average molecular weight is 449 g/mol. The fourth-order valence-corrected chi connectivity index (χ4v) is 5.22. The lowest BCUT2D eigenvalue weighted by atomic mass is 9.89. The van der Waals surface area contributed by atoms with Crippen molar-refractivity contribution in [1.29, 1.82) is 0 Å². The molecule has 0 bridgehead atoms. The maximum atomic E-state index is 13.4. The SMILES string of the molecule is CC[C@@H](C(=O)N[C@H]1CC(C)(C)Oc2cc(C)ccc21)N(c1ccc(F)cc1)S(C)(=O)=O. The number of carbonyl (C=O) groups is 1. The number of amides is 1. The molecule has 1 amide bonds. The zero-order valence-corrected chi connectivity index (χ0v) is 19.3. The molecule has 2 aromatic rings. The number of halogens is 1. The van der Waals surface area contributed by atoms with Crippen LogP contribution in [0.1, 0.15) is 50.8 Å². The highest BCUT2D eigenvalue weighted by molar-refractivity contribution is 7.92. The number of fused-ring (bicyclic) bond motifs is 1. The molecule has 0 saturated carbocycles. The van der Waals surface area contributed by atoms with Crippen LogP contribution in [0.5, 0.6) is 5.75 Å². The standard InChI is InChI=1S/C23H29FN2O4S/c1-6-20(26(31(5,28)29)17-10-8-16(24)9-11-17)22(27)25-19-14-23(3,4)30-21-13-15(2)7-12-18(19)21/h7-13,19-20H,6,14H2,1-5H3,(H,25,27)/t19-,20-/m0/s1. The van der Waals surface area contributed by atoms with Crippen molar-refractivity contribution in [1.82, 2.24) is 5.32 Å². The predicted molar refractivity (Wildman–Crippen MR) is 119 cm³/mol. The van der Waals surface area contributed by atoms with Crippen LogP contribution < -0.4 is 14.4 Å². The first-order valence-corrected chi connectivity index (χ1v) is 12.1. The van der Waals surface area contributed by atoms with Crippen LogP contribution in [0.2, 0.25) is 0 Å². The molecular formula is C23H29FN2O4S. The van der Waals surface area contributed by atoms with E-state index < -0.39 is 33.4 Å². The van der Waals surface area contributed by atoms with Crippen molar-refractivity contribution in [3.63, 3.8) is 0 Å². The first-order chi connectivity index (χ1) is 14.4. The fraction of sp³-hybridized carbons (Fsp3) is 0.435. The smallest absolute Gasteiger partial charge is 0.244 e. The molecule has 1 heterocycles. The topological polar surface area (TPSA) is 75.7 Å². The van der Waals surface area contributed by atoms with Gasteiger partial charge in [0.15, 0.2) is 0 Å². The molecule has 0 saturated heterocycles. The first kappa shape index (κ1) is 23.1. The second kappa shape index (κ2) is 8.49. The van der Waals surface area contributed by atoms with Gasteiger partial charge in [0.2, 0.25) is 15.9 Å². The van der Waals surface area contributed by atoms with E-state index in [0.29, 0.717) is 12.2 Å². The lowest BCUT2D eigenvalue weighted by Gasteiger charge is -2.39. The second-order valence-electron chi connectivity index (χ2n) is 8.63. The molecule has 31 heavy (non-hydrogen) atoms. The molecule has 0 fully saturated rings. The molecule has 0 aliphatic carbocycles. The van der Waals surface area contributed by atoms with Crippen molar-refractivity contribution in [2.75, 3.05) is 10.6 Å². The number of benzene rings is 2. The molecule has 6 nitrogen and oxygen atoms in total. The Labute approximate surface area is 183 Å². The quantitative estimate of drug-likeness (QED) is 0.722. The summed E-state index contributed by atoms with van der Waals surface area (Å²) in [6.07, 6.45) is 1.84. The van der Waals surface area contributed by atoms with Gasteiger partial charge in [0.05, 0.1) is 18.0 Å². The summed E-state index contributed by atoms with van der Waals surface area (Å²) in [6.45, 7) is 7.63. The summed E-state index contributed by atoms with van der Waals surface area (Å²) in [5.74, 6) is -0.175. The molecule has 0 spiro atoms. The summed E-state index contributed by atoms with van der Waals surface area (Å²) in [5.41, 5.74) is 1.66. The van der Waals surface area contributed by atoms with E-state index in [4.69, 9.17) is 4.74 Å². The molecule has 2 atom stereocenters. The number of hydrogen-bond acceptors (Lipinski definition) is 4. The minimum absolute atomic E-state index is 0.245. The third kappa shape index (κ3) is 5.18. The number of carbonyl (C=O) groups excluding carboxylic acids is 1. The van der Waals surface area contributed by atoms with Crippen molar-refractivity contribution in [2.24, 2.45) is 0 Å². The van der Waals surface area contributed by atoms with Gasteiger partial charge < -0.3 is 10.1 Å². The molecule has 1 aliphatic rings. The van der Waals surface area contributed by atoms with Gasteiger partial charge in [0, 0.05) is 12.0 Å². The maximum Gasteiger partial charge on any atom is 0.244 e. The van der Waals surface area contributed by atoms with Crippen LogP contribution in [0.25, 0.3) is 0 Å². The van der Waals surface area contributed by atoms with Crippen LogP contribution in [0.4, 0.5) is 10.1 Å². The van der Waals surface area contributed by atoms with Gasteiger partial charge in [-0.05, 0) is 63.1 Å². The van der Waals surface area contributed by atoms with Gasteiger partial charge >= 0.3 is 0 Å². The number of ether oxygens (including phenoxy) is 1. The van der Waals surface area contributed by atoms with Crippen LogP contribution in [0, 0.1) is 12.7 Å².